The van der Waals surface area contributed by atoms with Gasteiger partial charge in [-0.25, -0.2) is 0 Å². The minimum absolute atomic E-state index is 0.338. The number of carboxylic acids is 1. The monoisotopic (exact) mass is 390 g/mol. The molecule has 3 nitrogen and oxygen atoms in total. The van der Waals surface area contributed by atoms with Crippen molar-refractivity contribution in [2.45, 2.75) is 97.5 Å². The molecule has 0 bridgehead atoms. The van der Waals surface area contributed by atoms with Crippen LogP contribution >= 0.6 is 0 Å². The first-order valence-corrected chi connectivity index (χ1v) is 12.0. The number of carbonyl (C=O) groups is 1. The Bertz CT molecular complexity index is 588. The van der Waals surface area contributed by atoms with Gasteiger partial charge in [-0.15, -0.1) is 0 Å². The van der Waals surface area contributed by atoms with Gasteiger partial charge in [-0.05, 0) is 111 Å². The Morgan fingerprint density at radius 3 is 2.46 bits per heavy atom. The van der Waals surface area contributed by atoms with Gasteiger partial charge >= 0.3 is 5.97 Å². The predicted molar refractivity (Wildman–Crippen MR) is 112 cm³/mol. The van der Waals surface area contributed by atoms with E-state index in [9.17, 15) is 4.79 Å². The summed E-state index contributed by atoms with van der Waals surface area (Å²) in [6, 6.07) is 0. The van der Waals surface area contributed by atoms with Crippen molar-refractivity contribution in [3.63, 3.8) is 0 Å². The molecule has 4 saturated carbocycles. The first-order chi connectivity index (χ1) is 13.3. The fourth-order valence-corrected chi connectivity index (χ4v) is 8.96. The molecule has 0 saturated heterocycles. The molecule has 0 amide bonds. The van der Waals surface area contributed by atoms with Gasteiger partial charge in [0.15, 0.2) is 0 Å². The highest BCUT2D eigenvalue weighted by Gasteiger charge is 2.60. The lowest BCUT2D eigenvalue weighted by Crippen LogP contribution is -2.54. The van der Waals surface area contributed by atoms with Gasteiger partial charge in [0, 0.05) is 13.5 Å². The van der Waals surface area contributed by atoms with E-state index in [2.05, 4.69) is 20.8 Å². The summed E-state index contributed by atoms with van der Waals surface area (Å²) < 4.78 is 5.74. The molecule has 0 aliphatic heterocycles. The normalized spacial score (nSPS) is 49.0. The minimum atomic E-state index is -0.631. The molecule has 0 aromatic rings. The molecule has 3 heteroatoms. The van der Waals surface area contributed by atoms with Gasteiger partial charge in [0.1, 0.15) is 0 Å². The topological polar surface area (TPSA) is 46.5 Å². The fraction of sp³-hybridized carbons (Fsp3) is 0.960. The van der Waals surface area contributed by atoms with Crippen molar-refractivity contribution in [3.05, 3.63) is 0 Å². The van der Waals surface area contributed by atoms with Crippen LogP contribution in [0.15, 0.2) is 0 Å². The Labute approximate surface area is 172 Å². The van der Waals surface area contributed by atoms with E-state index in [1.54, 1.807) is 0 Å². The highest BCUT2D eigenvalue weighted by atomic mass is 16.5. The third-order valence-corrected chi connectivity index (χ3v) is 10.5. The number of carboxylic acid groups (broad SMARTS) is 1. The SMILES string of the molecule is CO[C@@H]1CC[C@@]2(C)[C@H](CC[C@@H]3[C@@H]2CC[C@]2(C)[C@@H]([C@H](C)CCC(=O)O)CC[C@@H]32)C1. The van der Waals surface area contributed by atoms with Crippen molar-refractivity contribution in [1.29, 1.82) is 0 Å². The second kappa shape index (κ2) is 7.60. The number of fused-ring (bicyclic) bond motifs is 5. The molecular formula is C25H42O3. The lowest BCUT2D eigenvalue weighted by molar-refractivity contribution is -0.138. The lowest BCUT2D eigenvalue weighted by atomic mass is 9.44. The maximum atomic E-state index is 11.1. The highest BCUT2D eigenvalue weighted by Crippen LogP contribution is 2.68. The molecule has 0 aromatic carbocycles. The van der Waals surface area contributed by atoms with E-state index >= 15 is 0 Å². The quantitative estimate of drug-likeness (QED) is 0.611. The predicted octanol–water partition coefficient (Wildman–Crippen LogP) is 6.16. The maximum Gasteiger partial charge on any atom is 0.303 e. The van der Waals surface area contributed by atoms with Crippen molar-refractivity contribution >= 4 is 5.97 Å². The zero-order chi connectivity index (χ0) is 20.1. The third-order valence-electron chi connectivity index (χ3n) is 10.5. The van der Waals surface area contributed by atoms with Crippen LogP contribution in [0.4, 0.5) is 0 Å². The summed E-state index contributed by atoms with van der Waals surface area (Å²) in [5, 5.41) is 9.12. The number of methoxy groups -OCH3 is 1. The number of ether oxygens (including phenoxy) is 1. The van der Waals surface area contributed by atoms with Gasteiger partial charge in [0.2, 0.25) is 0 Å². The maximum absolute atomic E-state index is 11.1. The first kappa shape index (κ1) is 20.7. The molecule has 0 heterocycles. The lowest BCUT2D eigenvalue weighted by Gasteiger charge is -2.61. The molecule has 4 aliphatic carbocycles. The number of hydrogen-bond donors (Lipinski definition) is 1. The van der Waals surface area contributed by atoms with E-state index in [1.165, 1.54) is 57.8 Å². The average Bonchev–Trinajstić information content (AvgIpc) is 3.02. The smallest absolute Gasteiger partial charge is 0.303 e. The second-order valence-corrected chi connectivity index (χ2v) is 11.4. The van der Waals surface area contributed by atoms with Crippen LogP contribution in [0.1, 0.15) is 91.4 Å². The van der Waals surface area contributed by atoms with Crippen LogP contribution in [0.5, 0.6) is 0 Å². The highest BCUT2D eigenvalue weighted by molar-refractivity contribution is 5.66. The van der Waals surface area contributed by atoms with Crippen LogP contribution in [-0.2, 0) is 9.53 Å². The molecule has 4 fully saturated rings. The summed E-state index contributed by atoms with van der Waals surface area (Å²) in [5.74, 6) is 4.21. The summed E-state index contributed by atoms with van der Waals surface area (Å²) in [7, 11) is 1.90. The van der Waals surface area contributed by atoms with E-state index < -0.39 is 5.97 Å². The molecule has 160 valence electrons. The number of aliphatic carboxylic acids is 1. The van der Waals surface area contributed by atoms with Gasteiger partial charge in [0.05, 0.1) is 6.10 Å². The standard InChI is InChI=1S/C25H42O3/c1-16(5-10-23(26)27)20-8-9-21-19-7-6-17-15-18(28-4)11-13-24(17,2)22(19)12-14-25(20,21)3/h16-22H,5-15H2,1-4H3,(H,26,27)/t16-,17-,18-,19+,20-,21+,22+,24+,25-/m1/s1. The van der Waals surface area contributed by atoms with Gasteiger partial charge < -0.3 is 9.84 Å². The first-order valence-electron chi connectivity index (χ1n) is 12.0. The Morgan fingerprint density at radius 2 is 1.75 bits per heavy atom. The van der Waals surface area contributed by atoms with Gasteiger partial charge in [-0.1, -0.05) is 20.8 Å². The Kier molecular flexibility index (Phi) is 5.61. The molecule has 0 radical (unpaired) electrons. The molecule has 4 rings (SSSR count). The van der Waals surface area contributed by atoms with Crippen LogP contribution in [0, 0.1) is 46.3 Å². The minimum Gasteiger partial charge on any atom is -0.481 e. The largest absolute Gasteiger partial charge is 0.481 e. The molecule has 1 N–H and O–H groups in total. The molecule has 0 spiro atoms. The summed E-state index contributed by atoms with van der Waals surface area (Å²) in [6.07, 6.45) is 13.9. The molecule has 0 unspecified atom stereocenters. The van der Waals surface area contributed by atoms with E-state index in [0.29, 0.717) is 29.3 Å². The van der Waals surface area contributed by atoms with E-state index in [0.717, 1.165) is 36.0 Å². The van der Waals surface area contributed by atoms with Gasteiger partial charge in [-0.2, -0.15) is 0 Å². The Hall–Kier alpha value is -0.570. The van der Waals surface area contributed by atoms with Crippen molar-refractivity contribution < 1.29 is 14.6 Å². The number of rotatable bonds is 5. The van der Waals surface area contributed by atoms with E-state index in [4.69, 9.17) is 9.84 Å². The molecule has 0 aromatic heterocycles. The summed E-state index contributed by atoms with van der Waals surface area (Å²) in [4.78, 5) is 11.1. The molecule has 28 heavy (non-hydrogen) atoms. The van der Waals surface area contributed by atoms with Gasteiger partial charge in [-0.3, -0.25) is 4.79 Å². The van der Waals surface area contributed by atoms with Crippen LogP contribution in [-0.4, -0.2) is 24.3 Å². The summed E-state index contributed by atoms with van der Waals surface area (Å²) in [5.41, 5.74) is 0.984. The number of hydrogen-bond acceptors (Lipinski definition) is 2. The zero-order valence-electron chi connectivity index (χ0n) is 18.6. The van der Waals surface area contributed by atoms with E-state index in [-0.39, 0.29) is 0 Å². The van der Waals surface area contributed by atoms with Crippen LogP contribution in [0.25, 0.3) is 0 Å². The average molecular weight is 391 g/mol. The Morgan fingerprint density at radius 1 is 1.04 bits per heavy atom. The summed E-state index contributed by atoms with van der Waals surface area (Å²) in [6.45, 7) is 7.54. The Balaban J connectivity index is 1.50. The fourth-order valence-electron chi connectivity index (χ4n) is 8.96. The molecular weight excluding hydrogens is 348 g/mol. The van der Waals surface area contributed by atoms with Crippen molar-refractivity contribution in [2.75, 3.05) is 7.11 Å². The third kappa shape index (κ3) is 3.24. The van der Waals surface area contributed by atoms with E-state index in [1.807, 2.05) is 7.11 Å². The molecule has 4 aliphatic rings. The van der Waals surface area contributed by atoms with Gasteiger partial charge in [0.25, 0.3) is 0 Å². The summed E-state index contributed by atoms with van der Waals surface area (Å²) >= 11 is 0. The van der Waals surface area contributed by atoms with Crippen molar-refractivity contribution in [2.24, 2.45) is 46.3 Å². The molecule has 9 atom stereocenters. The van der Waals surface area contributed by atoms with Crippen molar-refractivity contribution in [1.82, 2.24) is 0 Å². The van der Waals surface area contributed by atoms with Crippen LogP contribution in [0.2, 0.25) is 0 Å². The van der Waals surface area contributed by atoms with Crippen LogP contribution < -0.4 is 0 Å². The van der Waals surface area contributed by atoms with Crippen LogP contribution in [0.3, 0.4) is 0 Å². The zero-order valence-corrected chi connectivity index (χ0v) is 18.6. The van der Waals surface area contributed by atoms with Crippen molar-refractivity contribution in [3.8, 4) is 0 Å². The second-order valence-electron chi connectivity index (χ2n) is 11.4.